The van der Waals surface area contributed by atoms with E-state index < -0.39 is 11.5 Å². The number of amides is 1. The number of carbonyl (C=O) groups is 1. The number of rotatable bonds is 5. The molecule has 1 amide bonds. The number of aromatic hydroxyl groups is 1. The fourth-order valence-corrected chi connectivity index (χ4v) is 2.63. The number of hydrazone groups is 1. The van der Waals surface area contributed by atoms with E-state index in [1.54, 1.807) is 66.7 Å². The van der Waals surface area contributed by atoms with Crippen LogP contribution in [-0.4, -0.2) is 22.3 Å². The second kappa shape index (κ2) is 7.63. The largest absolute Gasteiger partial charge is 0.507 e. The molecule has 0 atom stereocenters. The highest BCUT2D eigenvalue weighted by atomic mass is 16.3. The van der Waals surface area contributed by atoms with E-state index in [0.29, 0.717) is 16.7 Å². The summed E-state index contributed by atoms with van der Waals surface area (Å²) in [7, 11) is 0. The predicted molar refractivity (Wildman–Crippen MR) is 99.7 cm³/mol. The number of phenols is 1. The van der Waals surface area contributed by atoms with Crippen LogP contribution in [0.3, 0.4) is 0 Å². The maximum atomic E-state index is 12.8. The number of para-hydroxylation sites is 1. The van der Waals surface area contributed by atoms with Crippen LogP contribution in [0.2, 0.25) is 0 Å². The lowest BCUT2D eigenvalue weighted by atomic mass is 9.85. The van der Waals surface area contributed by atoms with E-state index in [0.717, 1.165) is 0 Å². The Bertz CT molecular complexity index is 869. The number of aliphatic hydroxyl groups is 1. The van der Waals surface area contributed by atoms with Gasteiger partial charge in [-0.2, -0.15) is 5.10 Å². The summed E-state index contributed by atoms with van der Waals surface area (Å²) in [5, 5.41) is 24.9. The summed E-state index contributed by atoms with van der Waals surface area (Å²) < 4.78 is 0. The van der Waals surface area contributed by atoms with Gasteiger partial charge in [0.15, 0.2) is 5.60 Å². The molecule has 3 N–H and O–H groups in total. The molecule has 0 heterocycles. The molecule has 0 saturated heterocycles. The Morgan fingerprint density at radius 3 is 1.88 bits per heavy atom. The molecule has 5 nitrogen and oxygen atoms in total. The average Bonchev–Trinajstić information content (AvgIpc) is 2.70. The number of nitrogens with one attached hydrogen (secondary N) is 1. The lowest BCUT2D eigenvalue weighted by Gasteiger charge is -2.27. The summed E-state index contributed by atoms with van der Waals surface area (Å²) >= 11 is 0. The van der Waals surface area contributed by atoms with Crippen LogP contribution in [0, 0.1) is 0 Å². The molecule has 0 fully saturated rings. The van der Waals surface area contributed by atoms with Crippen molar-refractivity contribution >= 4 is 12.1 Å². The lowest BCUT2D eigenvalue weighted by Crippen LogP contribution is -2.43. The van der Waals surface area contributed by atoms with Crippen molar-refractivity contribution in [1.82, 2.24) is 5.43 Å². The van der Waals surface area contributed by atoms with Gasteiger partial charge in [0, 0.05) is 5.56 Å². The minimum atomic E-state index is -1.89. The summed E-state index contributed by atoms with van der Waals surface area (Å²) in [6, 6.07) is 24.0. The maximum absolute atomic E-state index is 12.8. The first kappa shape index (κ1) is 17.4. The molecule has 0 unspecified atom stereocenters. The van der Waals surface area contributed by atoms with Crippen LogP contribution in [0.15, 0.2) is 90.0 Å². The van der Waals surface area contributed by atoms with E-state index in [9.17, 15) is 15.0 Å². The molecule has 0 bridgehead atoms. The number of phenolic OH excluding ortho intramolecular Hbond substituents is 1. The van der Waals surface area contributed by atoms with Crippen molar-refractivity contribution < 1.29 is 15.0 Å². The Kier molecular flexibility index (Phi) is 5.10. The maximum Gasteiger partial charge on any atom is 0.281 e. The fourth-order valence-electron chi connectivity index (χ4n) is 2.63. The molecule has 0 radical (unpaired) electrons. The molecule has 130 valence electrons. The topological polar surface area (TPSA) is 81.9 Å². The molecule has 3 aromatic carbocycles. The third-order valence-corrected chi connectivity index (χ3v) is 4.02. The van der Waals surface area contributed by atoms with Gasteiger partial charge in [-0.1, -0.05) is 72.8 Å². The molecular formula is C21H18N2O3. The van der Waals surface area contributed by atoms with Crippen molar-refractivity contribution in [2.75, 3.05) is 0 Å². The van der Waals surface area contributed by atoms with E-state index in [2.05, 4.69) is 10.5 Å². The zero-order valence-corrected chi connectivity index (χ0v) is 13.9. The van der Waals surface area contributed by atoms with E-state index in [-0.39, 0.29) is 5.75 Å². The zero-order valence-electron chi connectivity index (χ0n) is 13.9. The van der Waals surface area contributed by atoms with Crippen LogP contribution in [0.25, 0.3) is 0 Å². The minimum Gasteiger partial charge on any atom is -0.507 e. The van der Waals surface area contributed by atoms with Gasteiger partial charge < -0.3 is 10.2 Å². The van der Waals surface area contributed by atoms with Crippen molar-refractivity contribution in [3.05, 3.63) is 102 Å². The Hall–Kier alpha value is -3.44. The normalized spacial score (nSPS) is 11.4. The first-order valence-electron chi connectivity index (χ1n) is 8.07. The van der Waals surface area contributed by atoms with Gasteiger partial charge in [0.05, 0.1) is 6.21 Å². The first-order valence-corrected chi connectivity index (χ1v) is 8.07. The monoisotopic (exact) mass is 346 g/mol. The molecule has 0 spiro atoms. The highest BCUT2D eigenvalue weighted by molar-refractivity contribution is 5.91. The summed E-state index contributed by atoms with van der Waals surface area (Å²) in [4.78, 5) is 12.8. The number of nitrogens with zero attached hydrogens (tertiary/aromatic N) is 1. The Morgan fingerprint density at radius 2 is 1.35 bits per heavy atom. The molecule has 26 heavy (non-hydrogen) atoms. The molecular weight excluding hydrogens is 328 g/mol. The first-order chi connectivity index (χ1) is 12.6. The van der Waals surface area contributed by atoms with Crippen molar-refractivity contribution in [3.63, 3.8) is 0 Å². The number of benzene rings is 3. The number of hydrogen-bond acceptors (Lipinski definition) is 4. The van der Waals surface area contributed by atoms with Crippen LogP contribution < -0.4 is 5.43 Å². The van der Waals surface area contributed by atoms with Crippen LogP contribution in [0.1, 0.15) is 16.7 Å². The second-order valence-electron chi connectivity index (χ2n) is 5.70. The van der Waals surface area contributed by atoms with Gasteiger partial charge in [0.1, 0.15) is 5.75 Å². The van der Waals surface area contributed by atoms with E-state index in [4.69, 9.17) is 0 Å². The van der Waals surface area contributed by atoms with Gasteiger partial charge in [-0.05, 0) is 23.3 Å². The molecule has 0 saturated carbocycles. The van der Waals surface area contributed by atoms with Crippen LogP contribution in [0.5, 0.6) is 5.75 Å². The van der Waals surface area contributed by atoms with Gasteiger partial charge in [-0.25, -0.2) is 5.43 Å². The number of carbonyl (C=O) groups excluding carboxylic acids is 1. The van der Waals surface area contributed by atoms with Crippen molar-refractivity contribution in [2.24, 2.45) is 5.10 Å². The SMILES string of the molecule is O=C(N/N=C/c1ccccc1O)C(O)(c1ccccc1)c1ccccc1. The summed E-state index contributed by atoms with van der Waals surface area (Å²) in [6.07, 6.45) is 1.32. The molecule has 3 rings (SSSR count). The highest BCUT2D eigenvalue weighted by Gasteiger charge is 2.39. The second-order valence-corrected chi connectivity index (χ2v) is 5.70. The Morgan fingerprint density at radius 1 is 0.846 bits per heavy atom. The third-order valence-electron chi connectivity index (χ3n) is 4.02. The van der Waals surface area contributed by atoms with E-state index >= 15 is 0 Å². The third kappa shape index (κ3) is 3.48. The van der Waals surface area contributed by atoms with Gasteiger partial charge >= 0.3 is 0 Å². The summed E-state index contributed by atoms with van der Waals surface area (Å²) in [6.45, 7) is 0. The zero-order chi connectivity index (χ0) is 18.4. The van der Waals surface area contributed by atoms with Crippen molar-refractivity contribution in [1.29, 1.82) is 0 Å². The smallest absolute Gasteiger partial charge is 0.281 e. The minimum absolute atomic E-state index is 0.0480. The van der Waals surface area contributed by atoms with E-state index in [1.165, 1.54) is 12.3 Å². The van der Waals surface area contributed by atoms with E-state index in [1.807, 2.05) is 12.1 Å². The van der Waals surface area contributed by atoms with Crippen molar-refractivity contribution in [3.8, 4) is 5.75 Å². The molecule has 0 aliphatic carbocycles. The molecule has 0 aliphatic heterocycles. The van der Waals surface area contributed by atoms with Crippen molar-refractivity contribution in [2.45, 2.75) is 5.60 Å². The van der Waals surface area contributed by atoms with Gasteiger partial charge in [-0.15, -0.1) is 0 Å². The molecule has 0 aromatic heterocycles. The Labute approximate surface area is 151 Å². The molecule has 3 aromatic rings. The quantitative estimate of drug-likeness (QED) is 0.491. The standard InChI is InChI=1S/C21H18N2O3/c24-19-14-8-7-9-16(19)15-22-23-20(25)21(26,17-10-3-1-4-11-17)18-12-5-2-6-13-18/h1-15,24,26H,(H,23,25)/b22-15+. The average molecular weight is 346 g/mol. The Balaban J connectivity index is 1.90. The van der Waals surface area contributed by atoms with Crippen LogP contribution in [0.4, 0.5) is 0 Å². The van der Waals surface area contributed by atoms with Crippen LogP contribution in [-0.2, 0) is 10.4 Å². The number of hydrogen-bond donors (Lipinski definition) is 3. The predicted octanol–water partition coefficient (Wildman–Crippen LogP) is 2.78. The van der Waals surface area contributed by atoms with Gasteiger partial charge in [0.2, 0.25) is 0 Å². The van der Waals surface area contributed by atoms with Crippen LogP contribution >= 0.6 is 0 Å². The van der Waals surface area contributed by atoms with Gasteiger partial charge in [-0.3, -0.25) is 4.79 Å². The fraction of sp³-hybridized carbons (Fsp3) is 0.0476. The summed E-state index contributed by atoms with van der Waals surface area (Å²) in [5.74, 6) is -0.645. The lowest BCUT2D eigenvalue weighted by molar-refractivity contribution is -0.136. The molecule has 0 aliphatic rings. The summed E-state index contributed by atoms with van der Waals surface area (Å²) in [5.41, 5.74) is 1.79. The highest BCUT2D eigenvalue weighted by Crippen LogP contribution is 2.29. The molecule has 5 heteroatoms. The van der Waals surface area contributed by atoms with Gasteiger partial charge in [0.25, 0.3) is 5.91 Å².